The number of aromatic nitrogens is 4. The van der Waals surface area contributed by atoms with E-state index in [0.29, 0.717) is 22.3 Å². The van der Waals surface area contributed by atoms with Gasteiger partial charge in [-0.3, -0.25) is 4.57 Å². The van der Waals surface area contributed by atoms with E-state index in [1.54, 1.807) is 0 Å². The van der Waals surface area contributed by atoms with Gasteiger partial charge in [0.15, 0.2) is 5.82 Å². The monoisotopic (exact) mass is 418 g/mol. The summed E-state index contributed by atoms with van der Waals surface area (Å²) in [5.74, 6) is 0.264. The van der Waals surface area contributed by atoms with Crippen LogP contribution in [0, 0.1) is 18.3 Å². The lowest BCUT2D eigenvalue weighted by Gasteiger charge is -2.15. The lowest BCUT2D eigenvalue weighted by Crippen LogP contribution is -2.34. The minimum absolute atomic E-state index is 0.00253. The van der Waals surface area contributed by atoms with Crippen molar-refractivity contribution in [1.29, 1.82) is 5.26 Å². The standard InChI is InChI=1S/C21H18N6O2S/c1-13-6-7-16-17(10-22)18(27(20(16)25-13)14-4-3-5-14)19-23-11-15(12-24-19)30(28,29)26-21(2)8-9-21/h3-7,11-12,26H,8-9H2,1-2H3. The van der Waals surface area contributed by atoms with Crippen LogP contribution in [0.15, 0.2) is 47.6 Å². The summed E-state index contributed by atoms with van der Waals surface area (Å²) in [5, 5.41) is 10.6. The molecule has 3 heterocycles. The highest BCUT2D eigenvalue weighted by Gasteiger charge is 2.41. The third-order valence-electron chi connectivity index (χ3n) is 5.39. The van der Waals surface area contributed by atoms with Crippen LogP contribution in [-0.2, 0) is 10.0 Å². The van der Waals surface area contributed by atoms with Crippen molar-refractivity contribution in [3.63, 3.8) is 0 Å². The minimum atomic E-state index is -3.70. The van der Waals surface area contributed by atoms with E-state index in [2.05, 4.69) is 25.7 Å². The van der Waals surface area contributed by atoms with E-state index in [0.717, 1.165) is 24.2 Å². The summed E-state index contributed by atoms with van der Waals surface area (Å²) in [7, 11) is -3.70. The number of nitriles is 1. The maximum Gasteiger partial charge on any atom is 0.244 e. The lowest BCUT2D eigenvalue weighted by atomic mass is 10.1. The number of hydrogen-bond donors (Lipinski definition) is 1. The summed E-state index contributed by atoms with van der Waals surface area (Å²) in [6.07, 6.45) is 9.90. The average molecular weight is 418 g/mol. The van der Waals surface area contributed by atoms with Crippen molar-refractivity contribution in [3.05, 3.63) is 54.0 Å². The summed E-state index contributed by atoms with van der Waals surface area (Å²) in [6.45, 7) is 3.75. The third kappa shape index (κ3) is 2.93. The molecule has 5 rings (SSSR count). The fraction of sp³-hybridized carbons (Fsp3) is 0.238. The third-order valence-corrected chi connectivity index (χ3v) is 6.98. The van der Waals surface area contributed by atoms with E-state index in [9.17, 15) is 13.7 Å². The first-order valence-corrected chi connectivity index (χ1v) is 11.0. The van der Waals surface area contributed by atoms with Crippen LogP contribution in [0.2, 0.25) is 0 Å². The largest absolute Gasteiger partial charge is 0.290 e. The Balaban J connectivity index is 1.65. The first-order chi connectivity index (χ1) is 14.3. The zero-order valence-electron chi connectivity index (χ0n) is 16.4. The molecule has 3 aromatic rings. The molecular formula is C21H18N6O2S. The van der Waals surface area contributed by atoms with E-state index in [1.807, 2.05) is 48.8 Å². The predicted octanol–water partition coefficient (Wildman–Crippen LogP) is 2.91. The molecule has 3 aromatic heterocycles. The Labute approximate surface area is 173 Å². The van der Waals surface area contributed by atoms with Gasteiger partial charge in [0.25, 0.3) is 0 Å². The molecule has 8 nitrogen and oxygen atoms in total. The number of nitrogens with zero attached hydrogens (tertiary/aromatic N) is 5. The zero-order valence-corrected chi connectivity index (χ0v) is 17.2. The topological polar surface area (TPSA) is 114 Å². The molecule has 1 fully saturated rings. The normalized spacial score (nSPS) is 16.8. The average Bonchev–Trinajstić information content (AvgIpc) is 3.30. The molecule has 0 bridgehead atoms. The molecular weight excluding hydrogens is 400 g/mol. The second-order valence-corrected chi connectivity index (χ2v) is 9.54. The van der Waals surface area contributed by atoms with E-state index in [1.165, 1.54) is 12.4 Å². The summed E-state index contributed by atoms with van der Waals surface area (Å²) >= 11 is 0. The minimum Gasteiger partial charge on any atom is -0.290 e. The van der Waals surface area contributed by atoms with Gasteiger partial charge in [-0.1, -0.05) is 6.08 Å². The fourth-order valence-corrected chi connectivity index (χ4v) is 4.77. The second kappa shape index (κ2) is 6.32. The van der Waals surface area contributed by atoms with Crippen LogP contribution in [0.4, 0.5) is 0 Å². The molecule has 30 heavy (non-hydrogen) atoms. The first kappa shape index (κ1) is 18.7. The van der Waals surface area contributed by atoms with Crippen LogP contribution < -0.4 is 4.72 Å². The highest BCUT2D eigenvalue weighted by molar-refractivity contribution is 7.89. The Kier molecular flexibility index (Phi) is 3.93. The van der Waals surface area contributed by atoms with Gasteiger partial charge in [0, 0.05) is 22.3 Å². The molecule has 0 radical (unpaired) electrons. The van der Waals surface area contributed by atoms with Crippen molar-refractivity contribution in [3.8, 4) is 17.6 Å². The first-order valence-electron chi connectivity index (χ1n) is 9.49. The number of aryl methyl sites for hydroxylation is 1. The van der Waals surface area contributed by atoms with E-state index in [-0.39, 0.29) is 16.3 Å². The van der Waals surface area contributed by atoms with Crippen LogP contribution in [0.5, 0.6) is 0 Å². The van der Waals surface area contributed by atoms with Crippen LogP contribution in [0.1, 0.15) is 31.0 Å². The SMILES string of the molecule is Cc1ccc2c(C#N)c(-c3ncc(S(=O)(=O)NC4(C)CC4)cn3)n(C3=CC=C3)c2n1. The highest BCUT2D eigenvalue weighted by Crippen LogP contribution is 2.37. The number of rotatable bonds is 5. The molecule has 0 atom stereocenters. The summed E-state index contributed by atoms with van der Waals surface area (Å²) in [5.41, 5.74) is 2.83. The Morgan fingerprint density at radius 3 is 2.50 bits per heavy atom. The summed E-state index contributed by atoms with van der Waals surface area (Å²) < 4.78 is 29.7. The van der Waals surface area contributed by atoms with E-state index in [4.69, 9.17) is 0 Å². The molecule has 0 saturated heterocycles. The number of pyridine rings is 1. The maximum atomic E-state index is 12.6. The van der Waals surface area contributed by atoms with Crippen molar-refractivity contribution in [2.24, 2.45) is 0 Å². The highest BCUT2D eigenvalue weighted by atomic mass is 32.2. The van der Waals surface area contributed by atoms with Crippen LogP contribution >= 0.6 is 0 Å². The zero-order chi connectivity index (χ0) is 21.1. The Morgan fingerprint density at radius 2 is 1.93 bits per heavy atom. The Bertz CT molecular complexity index is 1400. The fourth-order valence-electron chi connectivity index (χ4n) is 3.41. The molecule has 2 aliphatic carbocycles. The molecule has 0 unspecified atom stereocenters. The molecule has 0 aromatic carbocycles. The van der Waals surface area contributed by atoms with Gasteiger partial charge in [0.05, 0.1) is 18.0 Å². The number of fused-ring (bicyclic) bond motifs is 1. The molecule has 1 saturated carbocycles. The molecule has 1 N–H and O–H groups in total. The molecule has 150 valence electrons. The van der Waals surface area contributed by atoms with Gasteiger partial charge in [0.2, 0.25) is 10.0 Å². The van der Waals surface area contributed by atoms with Crippen molar-refractivity contribution < 1.29 is 8.42 Å². The van der Waals surface area contributed by atoms with Crippen LogP contribution in [-0.4, -0.2) is 33.5 Å². The van der Waals surface area contributed by atoms with Crippen LogP contribution in [0.3, 0.4) is 0 Å². The molecule has 0 amide bonds. The Hall–Kier alpha value is -3.35. The maximum absolute atomic E-state index is 12.6. The van der Waals surface area contributed by atoms with Crippen molar-refractivity contribution in [2.75, 3.05) is 0 Å². The van der Waals surface area contributed by atoms with E-state index < -0.39 is 10.0 Å². The Morgan fingerprint density at radius 1 is 1.23 bits per heavy atom. The van der Waals surface area contributed by atoms with Crippen molar-refractivity contribution in [1.82, 2.24) is 24.2 Å². The summed E-state index contributed by atoms with van der Waals surface area (Å²) in [6, 6.07) is 5.95. The van der Waals surface area contributed by atoms with Gasteiger partial charge in [-0.2, -0.15) is 5.26 Å². The predicted molar refractivity (Wildman–Crippen MR) is 112 cm³/mol. The van der Waals surface area contributed by atoms with Gasteiger partial charge in [0.1, 0.15) is 22.3 Å². The summed E-state index contributed by atoms with van der Waals surface area (Å²) in [4.78, 5) is 13.2. The van der Waals surface area contributed by atoms with Gasteiger partial charge in [-0.05, 0) is 51.0 Å². The van der Waals surface area contributed by atoms with Gasteiger partial charge < -0.3 is 0 Å². The van der Waals surface area contributed by atoms with E-state index >= 15 is 0 Å². The molecule has 0 aliphatic heterocycles. The van der Waals surface area contributed by atoms with Crippen LogP contribution in [0.25, 0.3) is 28.2 Å². The second-order valence-electron chi connectivity index (χ2n) is 7.85. The molecule has 2 aliphatic rings. The quantitative estimate of drug-likeness (QED) is 0.681. The van der Waals surface area contributed by atoms with Crippen molar-refractivity contribution in [2.45, 2.75) is 37.1 Å². The number of allylic oxidation sites excluding steroid dienone is 4. The smallest absolute Gasteiger partial charge is 0.244 e. The molecule has 0 spiro atoms. The number of hydrogen-bond acceptors (Lipinski definition) is 6. The van der Waals surface area contributed by atoms with Gasteiger partial charge in [-0.15, -0.1) is 0 Å². The van der Waals surface area contributed by atoms with Crippen molar-refractivity contribution >= 4 is 26.8 Å². The number of nitrogens with one attached hydrogen (secondary N) is 1. The number of sulfonamides is 1. The molecule has 9 heteroatoms. The lowest BCUT2D eigenvalue weighted by molar-refractivity contribution is 0.557. The van der Waals surface area contributed by atoms with Gasteiger partial charge >= 0.3 is 0 Å². The van der Waals surface area contributed by atoms with Gasteiger partial charge in [-0.25, -0.2) is 28.1 Å².